The standard InChI is InChI=1S/C12H11N3O2/c1-8-5-6-10(13-7-8)15-12(17)9-3-2-4-11(16)14-9/h2-7H,1H3,(H,14,16)(H,13,15,17). The van der Waals surface area contributed by atoms with Crippen molar-refractivity contribution >= 4 is 11.7 Å². The second-order valence-corrected chi connectivity index (χ2v) is 3.60. The van der Waals surface area contributed by atoms with Crippen LogP contribution in [-0.2, 0) is 0 Å². The zero-order valence-corrected chi connectivity index (χ0v) is 9.23. The lowest BCUT2D eigenvalue weighted by atomic mass is 10.3. The van der Waals surface area contributed by atoms with Gasteiger partial charge >= 0.3 is 0 Å². The summed E-state index contributed by atoms with van der Waals surface area (Å²) in [6, 6.07) is 7.95. The molecule has 0 aliphatic heterocycles. The van der Waals surface area contributed by atoms with Gasteiger partial charge in [-0.3, -0.25) is 9.59 Å². The monoisotopic (exact) mass is 229 g/mol. The zero-order chi connectivity index (χ0) is 12.3. The minimum absolute atomic E-state index is 0.208. The van der Waals surface area contributed by atoms with Crippen LogP contribution < -0.4 is 10.9 Å². The molecule has 0 aromatic carbocycles. The van der Waals surface area contributed by atoms with Gasteiger partial charge in [0.1, 0.15) is 11.5 Å². The fourth-order valence-corrected chi connectivity index (χ4v) is 1.31. The molecule has 2 N–H and O–H groups in total. The Balaban J connectivity index is 2.17. The number of aromatic amines is 1. The van der Waals surface area contributed by atoms with Gasteiger partial charge in [-0.25, -0.2) is 4.98 Å². The van der Waals surface area contributed by atoms with Gasteiger partial charge < -0.3 is 10.3 Å². The highest BCUT2D eigenvalue weighted by atomic mass is 16.2. The first-order valence-corrected chi connectivity index (χ1v) is 5.08. The second kappa shape index (κ2) is 4.61. The molecule has 2 aromatic rings. The van der Waals surface area contributed by atoms with Gasteiger partial charge in [-0.15, -0.1) is 0 Å². The van der Waals surface area contributed by atoms with Crippen LogP contribution in [0.3, 0.4) is 0 Å². The molecule has 17 heavy (non-hydrogen) atoms. The van der Waals surface area contributed by atoms with Gasteiger partial charge in [-0.1, -0.05) is 12.1 Å². The van der Waals surface area contributed by atoms with Gasteiger partial charge in [0, 0.05) is 12.3 Å². The molecule has 2 rings (SSSR count). The van der Waals surface area contributed by atoms with Crippen molar-refractivity contribution in [3.05, 3.63) is 58.1 Å². The Labute approximate surface area is 97.5 Å². The van der Waals surface area contributed by atoms with E-state index < -0.39 is 0 Å². The molecule has 0 fully saturated rings. The van der Waals surface area contributed by atoms with E-state index in [1.807, 2.05) is 13.0 Å². The summed E-state index contributed by atoms with van der Waals surface area (Å²) in [5.41, 5.74) is 0.908. The van der Waals surface area contributed by atoms with E-state index in [4.69, 9.17) is 0 Å². The maximum atomic E-state index is 11.7. The molecule has 5 heteroatoms. The minimum atomic E-state index is -0.390. The maximum absolute atomic E-state index is 11.7. The lowest BCUT2D eigenvalue weighted by Crippen LogP contribution is -2.18. The summed E-state index contributed by atoms with van der Waals surface area (Å²) in [4.78, 5) is 29.3. The summed E-state index contributed by atoms with van der Waals surface area (Å²) in [5, 5.41) is 2.59. The Morgan fingerprint density at radius 3 is 2.76 bits per heavy atom. The van der Waals surface area contributed by atoms with Gasteiger partial charge in [0.05, 0.1) is 0 Å². The van der Waals surface area contributed by atoms with Gasteiger partial charge in [-0.05, 0) is 24.6 Å². The van der Waals surface area contributed by atoms with E-state index in [2.05, 4.69) is 15.3 Å². The number of rotatable bonds is 2. The van der Waals surface area contributed by atoms with Crippen LogP contribution in [0.5, 0.6) is 0 Å². The van der Waals surface area contributed by atoms with Crippen LogP contribution in [0.15, 0.2) is 41.3 Å². The molecule has 2 heterocycles. The zero-order valence-electron chi connectivity index (χ0n) is 9.23. The highest BCUT2D eigenvalue weighted by Gasteiger charge is 2.06. The third-order valence-corrected chi connectivity index (χ3v) is 2.17. The van der Waals surface area contributed by atoms with E-state index in [0.29, 0.717) is 5.82 Å². The van der Waals surface area contributed by atoms with Crippen LogP contribution in [0.25, 0.3) is 0 Å². The average molecular weight is 229 g/mol. The molecule has 0 radical (unpaired) electrons. The number of nitrogens with zero attached hydrogens (tertiary/aromatic N) is 1. The minimum Gasteiger partial charge on any atom is -0.318 e. The number of pyridine rings is 2. The number of hydrogen-bond donors (Lipinski definition) is 2. The fraction of sp³-hybridized carbons (Fsp3) is 0.0833. The van der Waals surface area contributed by atoms with Crippen LogP contribution in [0.4, 0.5) is 5.82 Å². The second-order valence-electron chi connectivity index (χ2n) is 3.60. The van der Waals surface area contributed by atoms with Crippen molar-refractivity contribution in [3.63, 3.8) is 0 Å². The Morgan fingerprint density at radius 1 is 1.29 bits per heavy atom. The number of carbonyl (C=O) groups excluding carboxylic acids is 1. The molecule has 1 amide bonds. The first-order valence-electron chi connectivity index (χ1n) is 5.08. The molecule has 0 atom stereocenters. The number of hydrogen-bond acceptors (Lipinski definition) is 3. The summed E-state index contributed by atoms with van der Waals surface area (Å²) < 4.78 is 0. The van der Waals surface area contributed by atoms with Gasteiger partial charge in [-0.2, -0.15) is 0 Å². The average Bonchev–Trinajstić information content (AvgIpc) is 2.32. The van der Waals surface area contributed by atoms with Crippen molar-refractivity contribution in [1.29, 1.82) is 0 Å². The summed E-state index contributed by atoms with van der Waals surface area (Å²) in [5.74, 6) is 0.0596. The van der Waals surface area contributed by atoms with E-state index in [9.17, 15) is 9.59 Å². The quantitative estimate of drug-likeness (QED) is 0.815. The highest BCUT2D eigenvalue weighted by Crippen LogP contribution is 2.05. The summed E-state index contributed by atoms with van der Waals surface area (Å²) in [6.45, 7) is 1.91. The van der Waals surface area contributed by atoms with Crippen LogP contribution in [0.2, 0.25) is 0 Å². The Morgan fingerprint density at radius 2 is 2.12 bits per heavy atom. The number of carbonyl (C=O) groups is 1. The first kappa shape index (κ1) is 11.1. The Bertz CT molecular complexity index is 587. The number of amides is 1. The molecule has 0 saturated heterocycles. The van der Waals surface area contributed by atoms with E-state index in [1.54, 1.807) is 12.3 Å². The highest BCUT2D eigenvalue weighted by molar-refractivity contribution is 6.02. The van der Waals surface area contributed by atoms with E-state index in [-0.39, 0.29) is 17.2 Å². The van der Waals surface area contributed by atoms with Gasteiger partial charge in [0.2, 0.25) is 5.56 Å². The first-order chi connectivity index (χ1) is 8.15. The fourth-order valence-electron chi connectivity index (χ4n) is 1.31. The van der Waals surface area contributed by atoms with Crippen LogP contribution in [0, 0.1) is 6.92 Å². The number of H-pyrrole nitrogens is 1. The van der Waals surface area contributed by atoms with Gasteiger partial charge in [0.25, 0.3) is 5.91 Å². The number of aromatic nitrogens is 2. The summed E-state index contributed by atoms with van der Waals surface area (Å²) in [6.07, 6.45) is 1.66. The summed E-state index contributed by atoms with van der Waals surface area (Å²) >= 11 is 0. The molecule has 0 bridgehead atoms. The van der Waals surface area contributed by atoms with Crippen molar-refractivity contribution in [3.8, 4) is 0 Å². The third kappa shape index (κ3) is 2.78. The van der Waals surface area contributed by atoms with Crippen LogP contribution in [0.1, 0.15) is 16.1 Å². The predicted molar refractivity (Wildman–Crippen MR) is 64.0 cm³/mol. The molecule has 0 aliphatic carbocycles. The van der Waals surface area contributed by atoms with Crippen molar-refractivity contribution in [2.24, 2.45) is 0 Å². The molecular weight excluding hydrogens is 218 g/mol. The molecule has 86 valence electrons. The SMILES string of the molecule is Cc1ccc(NC(=O)c2cccc(=O)[nH]2)nc1. The molecule has 0 spiro atoms. The predicted octanol–water partition coefficient (Wildman–Crippen LogP) is 1.33. The smallest absolute Gasteiger partial charge is 0.273 e. The summed E-state index contributed by atoms with van der Waals surface area (Å²) in [7, 11) is 0. The molecular formula is C12H11N3O2. The number of nitrogens with one attached hydrogen (secondary N) is 2. The lowest BCUT2D eigenvalue weighted by Gasteiger charge is -2.03. The largest absolute Gasteiger partial charge is 0.318 e. The lowest BCUT2D eigenvalue weighted by molar-refractivity contribution is 0.102. The molecule has 0 aliphatic rings. The van der Waals surface area contributed by atoms with E-state index >= 15 is 0 Å². The molecule has 0 unspecified atom stereocenters. The van der Waals surface area contributed by atoms with Crippen LogP contribution >= 0.6 is 0 Å². The topological polar surface area (TPSA) is 74.8 Å². The van der Waals surface area contributed by atoms with Crippen LogP contribution in [-0.4, -0.2) is 15.9 Å². The van der Waals surface area contributed by atoms with Gasteiger partial charge in [0.15, 0.2) is 0 Å². The van der Waals surface area contributed by atoms with E-state index in [1.165, 1.54) is 18.2 Å². The maximum Gasteiger partial charge on any atom is 0.273 e. The normalized spacial score (nSPS) is 9.94. The van der Waals surface area contributed by atoms with Crippen molar-refractivity contribution in [1.82, 2.24) is 9.97 Å². The molecule has 0 saturated carbocycles. The van der Waals surface area contributed by atoms with Crippen molar-refractivity contribution in [2.75, 3.05) is 5.32 Å². The third-order valence-electron chi connectivity index (χ3n) is 2.17. The Kier molecular flexibility index (Phi) is 3.00. The molecule has 2 aromatic heterocycles. The number of aryl methyl sites for hydroxylation is 1. The van der Waals surface area contributed by atoms with Crippen molar-refractivity contribution < 1.29 is 4.79 Å². The van der Waals surface area contributed by atoms with Crippen molar-refractivity contribution in [2.45, 2.75) is 6.92 Å². The molecule has 5 nitrogen and oxygen atoms in total. The van der Waals surface area contributed by atoms with E-state index in [0.717, 1.165) is 5.56 Å². The Hall–Kier alpha value is -2.43. The number of anilines is 1.